The standard InChI is InChI=1S/C15H12FN3/c16-12-2-1-3-13(9-12)19-7-6-18-14-8-11(10-17)4-5-15(14)19/h1-5,8-9,18H,6-7H2. The molecule has 0 fully saturated rings. The molecule has 4 heteroatoms. The highest BCUT2D eigenvalue weighted by atomic mass is 19.1. The van der Waals surface area contributed by atoms with Gasteiger partial charge in [0.1, 0.15) is 5.82 Å². The molecule has 0 spiro atoms. The highest BCUT2D eigenvalue weighted by molar-refractivity contribution is 5.79. The van der Waals surface area contributed by atoms with Crippen molar-refractivity contribution in [2.45, 2.75) is 0 Å². The Balaban J connectivity index is 2.06. The Bertz CT molecular complexity index is 661. The van der Waals surface area contributed by atoms with Crippen LogP contribution in [-0.2, 0) is 0 Å². The third-order valence-corrected chi connectivity index (χ3v) is 3.19. The van der Waals surface area contributed by atoms with Gasteiger partial charge in [-0.25, -0.2) is 4.39 Å². The Morgan fingerprint density at radius 1 is 1.21 bits per heavy atom. The topological polar surface area (TPSA) is 39.1 Å². The summed E-state index contributed by atoms with van der Waals surface area (Å²) >= 11 is 0. The third-order valence-electron chi connectivity index (χ3n) is 3.19. The van der Waals surface area contributed by atoms with Gasteiger partial charge in [-0.2, -0.15) is 5.26 Å². The van der Waals surface area contributed by atoms with Crippen LogP contribution in [0.25, 0.3) is 0 Å². The van der Waals surface area contributed by atoms with E-state index in [-0.39, 0.29) is 5.82 Å². The number of hydrogen-bond acceptors (Lipinski definition) is 3. The smallest absolute Gasteiger partial charge is 0.125 e. The van der Waals surface area contributed by atoms with Gasteiger partial charge in [-0.3, -0.25) is 0 Å². The summed E-state index contributed by atoms with van der Waals surface area (Å²) in [6.07, 6.45) is 0. The summed E-state index contributed by atoms with van der Waals surface area (Å²) in [6.45, 7) is 1.53. The van der Waals surface area contributed by atoms with Crippen molar-refractivity contribution in [1.82, 2.24) is 0 Å². The molecule has 0 amide bonds. The summed E-state index contributed by atoms with van der Waals surface area (Å²) < 4.78 is 13.3. The minimum Gasteiger partial charge on any atom is -0.382 e. The lowest BCUT2D eigenvalue weighted by atomic mass is 10.1. The van der Waals surface area contributed by atoms with Crippen molar-refractivity contribution in [3.63, 3.8) is 0 Å². The monoisotopic (exact) mass is 253 g/mol. The van der Waals surface area contributed by atoms with Gasteiger partial charge in [0, 0.05) is 18.8 Å². The van der Waals surface area contributed by atoms with E-state index in [1.165, 1.54) is 12.1 Å². The molecule has 0 saturated carbocycles. The van der Waals surface area contributed by atoms with Crippen molar-refractivity contribution in [1.29, 1.82) is 5.26 Å². The van der Waals surface area contributed by atoms with Crippen LogP contribution >= 0.6 is 0 Å². The zero-order valence-electron chi connectivity index (χ0n) is 10.2. The summed E-state index contributed by atoms with van der Waals surface area (Å²) in [6, 6.07) is 14.2. The molecule has 1 heterocycles. The molecular weight excluding hydrogens is 241 g/mol. The lowest BCUT2D eigenvalue weighted by Gasteiger charge is -2.32. The summed E-state index contributed by atoms with van der Waals surface area (Å²) in [4.78, 5) is 2.05. The van der Waals surface area contributed by atoms with Gasteiger partial charge in [0.15, 0.2) is 0 Å². The van der Waals surface area contributed by atoms with E-state index >= 15 is 0 Å². The van der Waals surface area contributed by atoms with Gasteiger partial charge in [-0.15, -0.1) is 0 Å². The Morgan fingerprint density at radius 3 is 2.89 bits per heavy atom. The number of nitrogens with zero attached hydrogens (tertiary/aromatic N) is 2. The first kappa shape index (κ1) is 11.5. The van der Waals surface area contributed by atoms with Crippen molar-refractivity contribution in [3.8, 4) is 6.07 Å². The van der Waals surface area contributed by atoms with E-state index in [9.17, 15) is 4.39 Å². The van der Waals surface area contributed by atoms with Crippen LogP contribution in [0.5, 0.6) is 0 Å². The minimum atomic E-state index is -0.244. The van der Waals surface area contributed by atoms with E-state index in [1.807, 2.05) is 18.2 Å². The molecule has 2 aromatic carbocycles. The zero-order chi connectivity index (χ0) is 13.2. The summed E-state index contributed by atoms with van der Waals surface area (Å²) in [5, 5.41) is 12.2. The molecule has 0 atom stereocenters. The fourth-order valence-electron chi connectivity index (χ4n) is 2.32. The van der Waals surface area contributed by atoms with Crippen molar-refractivity contribution in [2.75, 3.05) is 23.3 Å². The van der Waals surface area contributed by atoms with Crippen LogP contribution < -0.4 is 10.2 Å². The lowest BCUT2D eigenvalue weighted by Crippen LogP contribution is -2.30. The largest absolute Gasteiger partial charge is 0.382 e. The maximum absolute atomic E-state index is 13.3. The quantitative estimate of drug-likeness (QED) is 0.847. The molecule has 0 unspecified atom stereocenters. The Morgan fingerprint density at radius 2 is 2.11 bits per heavy atom. The third kappa shape index (κ3) is 2.11. The highest BCUT2D eigenvalue weighted by Crippen LogP contribution is 2.35. The molecule has 0 saturated heterocycles. The molecule has 19 heavy (non-hydrogen) atoms. The van der Waals surface area contributed by atoms with Crippen molar-refractivity contribution in [2.24, 2.45) is 0 Å². The van der Waals surface area contributed by atoms with Crippen molar-refractivity contribution in [3.05, 3.63) is 53.8 Å². The average Bonchev–Trinajstić information content (AvgIpc) is 2.46. The van der Waals surface area contributed by atoms with Crippen LogP contribution in [0.2, 0.25) is 0 Å². The molecule has 1 N–H and O–H groups in total. The molecule has 0 aliphatic carbocycles. The predicted molar refractivity (Wildman–Crippen MR) is 73.1 cm³/mol. The van der Waals surface area contributed by atoms with E-state index < -0.39 is 0 Å². The number of nitriles is 1. The van der Waals surface area contributed by atoms with Gasteiger partial charge >= 0.3 is 0 Å². The number of benzene rings is 2. The molecule has 1 aliphatic heterocycles. The fraction of sp³-hybridized carbons (Fsp3) is 0.133. The number of hydrogen-bond donors (Lipinski definition) is 1. The summed E-state index contributed by atoms with van der Waals surface area (Å²) in [5.41, 5.74) is 3.32. The minimum absolute atomic E-state index is 0.244. The van der Waals surface area contributed by atoms with Crippen LogP contribution in [0.1, 0.15) is 5.56 Å². The first-order valence-electron chi connectivity index (χ1n) is 6.09. The van der Waals surface area contributed by atoms with Gasteiger partial charge in [0.05, 0.1) is 23.0 Å². The van der Waals surface area contributed by atoms with Crippen molar-refractivity contribution < 1.29 is 4.39 Å². The van der Waals surface area contributed by atoms with Crippen LogP contribution in [0.4, 0.5) is 21.5 Å². The van der Waals surface area contributed by atoms with Gasteiger partial charge in [-0.05, 0) is 36.4 Å². The molecule has 94 valence electrons. The molecular formula is C15H12FN3. The van der Waals surface area contributed by atoms with E-state index in [0.29, 0.717) is 5.56 Å². The molecule has 3 nitrogen and oxygen atoms in total. The first-order chi connectivity index (χ1) is 9.28. The highest BCUT2D eigenvalue weighted by Gasteiger charge is 2.18. The van der Waals surface area contributed by atoms with Gasteiger partial charge in [0.2, 0.25) is 0 Å². The molecule has 0 bridgehead atoms. The number of nitrogens with one attached hydrogen (secondary N) is 1. The molecule has 1 aliphatic rings. The Kier molecular flexibility index (Phi) is 2.81. The van der Waals surface area contributed by atoms with Crippen LogP contribution in [0.3, 0.4) is 0 Å². The van der Waals surface area contributed by atoms with E-state index in [0.717, 1.165) is 30.2 Å². The number of rotatable bonds is 1. The zero-order valence-corrected chi connectivity index (χ0v) is 10.2. The second-order valence-electron chi connectivity index (χ2n) is 4.40. The Hall–Kier alpha value is -2.54. The second-order valence-corrected chi connectivity index (χ2v) is 4.40. The van der Waals surface area contributed by atoms with E-state index in [4.69, 9.17) is 5.26 Å². The number of fused-ring (bicyclic) bond motifs is 1. The van der Waals surface area contributed by atoms with Crippen LogP contribution in [0, 0.1) is 17.1 Å². The SMILES string of the molecule is N#Cc1ccc2c(c1)NCCN2c1cccc(F)c1. The maximum Gasteiger partial charge on any atom is 0.125 e. The fourth-order valence-corrected chi connectivity index (χ4v) is 2.32. The maximum atomic E-state index is 13.3. The molecule has 3 rings (SSSR count). The van der Waals surface area contributed by atoms with Gasteiger partial charge in [0.25, 0.3) is 0 Å². The van der Waals surface area contributed by atoms with E-state index in [1.54, 1.807) is 12.1 Å². The lowest BCUT2D eigenvalue weighted by molar-refractivity contribution is 0.627. The molecule has 2 aromatic rings. The molecule has 0 radical (unpaired) electrons. The van der Waals surface area contributed by atoms with Gasteiger partial charge in [-0.1, -0.05) is 6.07 Å². The van der Waals surface area contributed by atoms with Crippen molar-refractivity contribution >= 4 is 17.1 Å². The van der Waals surface area contributed by atoms with E-state index in [2.05, 4.69) is 16.3 Å². The summed E-state index contributed by atoms with van der Waals surface area (Å²) in [7, 11) is 0. The summed E-state index contributed by atoms with van der Waals surface area (Å²) in [5.74, 6) is -0.244. The number of halogens is 1. The Labute approximate surface area is 110 Å². The first-order valence-corrected chi connectivity index (χ1v) is 6.09. The van der Waals surface area contributed by atoms with Crippen LogP contribution in [0.15, 0.2) is 42.5 Å². The second kappa shape index (κ2) is 4.62. The predicted octanol–water partition coefficient (Wildman–Crippen LogP) is 3.26. The normalized spacial score (nSPS) is 13.4. The molecule has 0 aromatic heterocycles. The number of anilines is 3. The van der Waals surface area contributed by atoms with Gasteiger partial charge < -0.3 is 10.2 Å². The van der Waals surface area contributed by atoms with Crippen LogP contribution in [-0.4, -0.2) is 13.1 Å². The average molecular weight is 253 g/mol.